The Balaban J connectivity index is 2.11. The molecule has 0 aliphatic heterocycles. The Kier molecular flexibility index (Phi) is 5.26. The largest absolute Gasteiger partial charge is 0.507 e. The summed E-state index contributed by atoms with van der Waals surface area (Å²) in [6.07, 6.45) is -3.85. The number of ketones is 1. The van der Waals surface area contributed by atoms with Gasteiger partial charge < -0.3 is 10.4 Å². The van der Waals surface area contributed by atoms with Gasteiger partial charge in [0.1, 0.15) is 5.76 Å². The van der Waals surface area contributed by atoms with Gasteiger partial charge in [-0.25, -0.2) is 0 Å². The Hall–Kier alpha value is -3.09. The minimum Gasteiger partial charge on any atom is -0.507 e. The highest BCUT2D eigenvalue weighted by molar-refractivity contribution is 6.45. The van der Waals surface area contributed by atoms with Crippen LogP contribution in [0.1, 0.15) is 16.7 Å². The molecule has 7 heteroatoms. The lowest BCUT2D eigenvalue weighted by Gasteiger charge is -2.09. The van der Waals surface area contributed by atoms with Crippen LogP contribution in [0.2, 0.25) is 0 Å². The Morgan fingerprint density at radius 3 is 2.32 bits per heavy atom. The van der Waals surface area contributed by atoms with Crippen molar-refractivity contribution in [2.45, 2.75) is 13.1 Å². The number of amides is 1. The molecule has 0 saturated carbocycles. The molecule has 2 aromatic rings. The van der Waals surface area contributed by atoms with Gasteiger partial charge in [-0.05, 0) is 25.1 Å². The van der Waals surface area contributed by atoms with Gasteiger partial charge in [0, 0.05) is 17.3 Å². The van der Waals surface area contributed by atoms with E-state index in [1.165, 1.54) is 6.07 Å². The first-order valence-electron chi connectivity index (χ1n) is 7.17. The zero-order valence-electron chi connectivity index (χ0n) is 13.1. The molecular weight excluding hydrogens is 335 g/mol. The first kappa shape index (κ1) is 18.3. The maximum atomic E-state index is 12.6. The van der Waals surface area contributed by atoms with Crippen molar-refractivity contribution in [3.63, 3.8) is 0 Å². The number of aryl methyl sites for hydroxylation is 1. The lowest BCUT2D eigenvalue weighted by atomic mass is 10.1. The third-order valence-electron chi connectivity index (χ3n) is 3.29. The lowest BCUT2D eigenvalue weighted by Crippen LogP contribution is -2.21. The molecule has 0 saturated heterocycles. The van der Waals surface area contributed by atoms with Gasteiger partial charge in [0.15, 0.2) is 0 Å². The Labute approximate surface area is 141 Å². The molecular formula is C18H14F3NO3. The summed E-state index contributed by atoms with van der Waals surface area (Å²) in [5, 5.41) is 11.9. The zero-order valence-corrected chi connectivity index (χ0v) is 13.1. The third kappa shape index (κ3) is 4.94. The normalized spacial score (nSPS) is 11.9. The summed E-state index contributed by atoms with van der Waals surface area (Å²) in [6.45, 7) is 1.85. The van der Waals surface area contributed by atoms with E-state index in [-0.39, 0.29) is 5.69 Å². The number of anilines is 1. The molecule has 4 nitrogen and oxygen atoms in total. The van der Waals surface area contributed by atoms with Crippen molar-refractivity contribution < 1.29 is 27.9 Å². The summed E-state index contributed by atoms with van der Waals surface area (Å²) in [7, 11) is 0. The quantitative estimate of drug-likeness (QED) is 0.496. The molecule has 0 aliphatic carbocycles. The molecule has 1 amide bonds. The van der Waals surface area contributed by atoms with Crippen LogP contribution in [0.4, 0.5) is 18.9 Å². The van der Waals surface area contributed by atoms with Gasteiger partial charge in [-0.3, -0.25) is 9.59 Å². The van der Waals surface area contributed by atoms with Crippen molar-refractivity contribution in [3.8, 4) is 0 Å². The molecule has 2 rings (SSSR count). The first-order chi connectivity index (χ1) is 11.7. The summed E-state index contributed by atoms with van der Waals surface area (Å²) in [5.74, 6) is -2.65. The molecule has 0 unspecified atom stereocenters. The smallest absolute Gasteiger partial charge is 0.416 e. The van der Waals surface area contributed by atoms with Crippen molar-refractivity contribution >= 4 is 23.1 Å². The summed E-state index contributed by atoms with van der Waals surface area (Å²) < 4.78 is 37.9. The van der Waals surface area contributed by atoms with E-state index in [1.54, 1.807) is 24.3 Å². The van der Waals surface area contributed by atoms with Gasteiger partial charge >= 0.3 is 6.18 Å². The molecule has 0 spiro atoms. The molecule has 2 N–H and O–H groups in total. The van der Waals surface area contributed by atoms with E-state index >= 15 is 0 Å². The zero-order chi connectivity index (χ0) is 18.6. The minimum atomic E-state index is -4.56. The minimum absolute atomic E-state index is 0.170. The molecule has 0 bridgehead atoms. The summed E-state index contributed by atoms with van der Waals surface area (Å²) >= 11 is 0. The van der Waals surface area contributed by atoms with Crippen LogP contribution in [0.5, 0.6) is 0 Å². The van der Waals surface area contributed by atoms with Gasteiger partial charge in [0.05, 0.1) is 5.56 Å². The monoisotopic (exact) mass is 349 g/mol. The molecule has 130 valence electrons. The van der Waals surface area contributed by atoms with Crippen molar-refractivity contribution in [1.82, 2.24) is 0 Å². The fourth-order valence-corrected chi connectivity index (χ4v) is 1.96. The van der Waals surface area contributed by atoms with E-state index in [4.69, 9.17) is 0 Å². The first-order valence-corrected chi connectivity index (χ1v) is 7.17. The number of carbonyl (C=O) groups is 2. The van der Waals surface area contributed by atoms with Gasteiger partial charge in [-0.1, -0.05) is 35.9 Å². The van der Waals surface area contributed by atoms with Gasteiger partial charge in [0.2, 0.25) is 5.78 Å². The fourth-order valence-electron chi connectivity index (χ4n) is 1.96. The topological polar surface area (TPSA) is 66.4 Å². The summed E-state index contributed by atoms with van der Waals surface area (Å²) in [6, 6.07) is 10.5. The predicted octanol–water partition coefficient (Wildman–Crippen LogP) is 4.12. The van der Waals surface area contributed by atoms with E-state index < -0.39 is 29.2 Å². The van der Waals surface area contributed by atoms with Crippen LogP contribution in [-0.2, 0) is 15.8 Å². The van der Waals surface area contributed by atoms with Gasteiger partial charge in [-0.15, -0.1) is 0 Å². The number of alkyl halides is 3. The van der Waals surface area contributed by atoms with Crippen LogP contribution in [0.3, 0.4) is 0 Å². The number of aliphatic hydroxyl groups is 1. The van der Waals surface area contributed by atoms with Crippen LogP contribution >= 0.6 is 0 Å². The van der Waals surface area contributed by atoms with Crippen molar-refractivity contribution in [2.75, 3.05) is 5.32 Å². The number of hydrogen-bond donors (Lipinski definition) is 2. The average Bonchev–Trinajstić information content (AvgIpc) is 2.54. The van der Waals surface area contributed by atoms with Crippen LogP contribution < -0.4 is 5.32 Å². The highest BCUT2D eigenvalue weighted by Gasteiger charge is 2.30. The molecule has 2 aromatic carbocycles. The second-order valence-electron chi connectivity index (χ2n) is 5.29. The maximum Gasteiger partial charge on any atom is 0.416 e. The van der Waals surface area contributed by atoms with Crippen molar-refractivity contribution in [3.05, 3.63) is 71.3 Å². The van der Waals surface area contributed by atoms with Crippen molar-refractivity contribution in [2.24, 2.45) is 0 Å². The van der Waals surface area contributed by atoms with Crippen LogP contribution in [-0.4, -0.2) is 16.8 Å². The van der Waals surface area contributed by atoms with Gasteiger partial charge in [0.25, 0.3) is 5.91 Å². The number of nitrogens with one attached hydrogen (secondary N) is 1. The van der Waals surface area contributed by atoms with Crippen LogP contribution in [0.15, 0.2) is 54.6 Å². The van der Waals surface area contributed by atoms with E-state index in [0.717, 1.165) is 17.7 Å². The highest BCUT2D eigenvalue weighted by Crippen LogP contribution is 2.30. The fraction of sp³-hybridized carbons (Fsp3) is 0.111. The standard InChI is InChI=1S/C18H14F3NO3/c1-11-5-7-12(8-6-11)15(23)10-16(24)17(25)22-14-4-2-3-13(9-14)18(19,20)21/h2-10,23H,1H3,(H,22,25). The maximum absolute atomic E-state index is 12.6. The molecule has 0 aliphatic rings. The molecule has 0 aromatic heterocycles. The van der Waals surface area contributed by atoms with Gasteiger partial charge in [-0.2, -0.15) is 13.2 Å². The van der Waals surface area contributed by atoms with E-state index in [2.05, 4.69) is 5.32 Å². The van der Waals surface area contributed by atoms with Crippen LogP contribution in [0, 0.1) is 6.92 Å². The Bertz CT molecular complexity index is 824. The molecule has 0 heterocycles. The third-order valence-corrected chi connectivity index (χ3v) is 3.29. The number of halogens is 3. The molecule has 0 radical (unpaired) electrons. The highest BCUT2D eigenvalue weighted by atomic mass is 19.4. The average molecular weight is 349 g/mol. The number of benzene rings is 2. The van der Waals surface area contributed by atoms with E-state index in [1.807, 2.05) is 6.92 Å². The number of hydrogen-bond acceptors (Lipinski definition) is 3. The molecule has 25 heavy (non-hydrogen) atoms. The second-order valence-corrected chi connectivity index (χ2v) is 5.29. The van der Waals surface area contributed by atoms with Crippen molar-refractivity contribution in [1.29, 1.82) is 0 Å². The summed E-state index contributed by atoms with van der Waals surface area (Å²) in [5.41, 5.74) is 0.170. The van der Waals surface area contributed by atoms with Crippen LogP contribution in [0.25, 0.3) is 5.76 Å². The van der Waals surface area contributed by atoms with E-state index in [9.17, 15) is 27.9 Å². The molecule has 0 fully saturated rings. The number of carbonyl (C=O) groups excluding carboxylic acids is 2. The SMILES string of the molecule is Cc1ccc(C(O)=CC(=O)C(=O)Nc2cccc(C(F)(F)F)c2)cc1. The van der Waals surface area contributed by atoms with E-state index in [0.29, 0.717) is 17.7 Å². The lowest BCUT2D eigenvalue weighted by molar-refractivity contribution is -0.137. The summed E-state index contributed by atoms with van der Waals surface area (Å²) in [4.78, 5) is 23.6. The second kappa shape index (κ2) is 7.21. The number of aliphatic hydroxyl groups excluding tert-OH is 1. The predicted molar refractivity (Wildman–Crippen MR) is 86.9 cm³/mol. The Morgan fingerprint density at radius 2 is 1.72 bits per heavy atom. The Morgan fingerprint density at radius 1 is 1.08 bits per heavy atom. The number of rotatable bonds is 4. The molecule has 0 atom stereocenters.